The summed E-state index contributed by atoms with van der Waals surface area (Å²) >= 11 is 0. The van der Waals surface area contributed by atoms with Crippen molar-refractivity contribution in [2.45, 2.75) is 63.9 Å². The summed E-state index contributed by atoms with van der Waals surface area (Å²) in [7, 11) is 0. The van der Waals surface area contributed by atoms with Gasteiger partial charge < -0.3 is 14.2 Å². The Hall–Kier alpha value is -0.640. The SMILES string of the molecule is CCC=CC(C)(OC(C)(C=CCC)C1CO1)C1CO1. The minimum absolute atomic E-state index is 0.170. The molecule has 2 heterocycles. The molecule has 2 fully saturated rings. The lowest BCUT2D eigenvalue weighted by Crippen LogP contribution is -2.45. The summed E-state index contributed by atoms with van der Waals surface area (Å²) in [5, 5.41) is 0. The van der Waals surface area contributed by atoms with Crippen LogP contribution in [-0.4, -0.2) is 36.6 Å². The van der Waals surface area contributed by atoms with Gasteiger partial charge in [-0.3, -0.25) is 0 Å². The van der Waals surface area contributed by atoms with Gasteiger partial charge in [0.05, 0.1) is 13.2 Å². The number of ether oxygens (including phenoxy) is 3. The fourth-order valence-corrected chi connectivity index (χ4v) is 2.35. The first-order valence-corrected chi connectivity index (χ1v) is 7.33. The Balaban J connectivity index is 2.13. The number of hydrogen-bond donors (Lipinski definition) is 0. The van der Waals surface area contributed by atoms with Crippen LogP contribution in [0, 0.1) is 0 Å². The molecule has 0 N–H and O–H groups in total. The smallest absolute Gasteiger partial charge is 0.113 e. The summed E-state index contributed by atoms with van der Waals surface area (Å²) in [5.74, 6) is 0. The predicted octanol–water partition coefficient (Wildman–Crippen LogP) is 3.25. The largest absolute Gasteiger partial charge is 0.370 e. The van der Waals surface area contributed by atoms with Crippen LogP contribution in [0.5, 0.6) is 0 Å². The van der Waals surface area contributed by atoms with Crippen LogP contribution >= 0.6 is 0 Å². The van der Waals surface area contributed by atoms with Crippen molar-refractivity contribution in [2.24, 2.45) is 0 Å². The highest BCUT2D eigenvalue weighted by atomic mass is 16.6. The molecule has 0 aromatic carbocycles. The first-order chi connectivity index (χ1) is 9.04. The maximum Gasteiger partial charge on any atom is 0.113 e. The molecular weight excluding hydrogens is 240 g/mol. The third kappa shape index (κ3) is 3.68. The van der Waals surface area contributed by atoms with E-state index in [-0.39, 0.29) is 23.4 Å². The Kier molecular flexibility index (Phi) is 4.49. The van der Waals surface area contributed by atoms with Crippen LogP contribution in [0.1, 0.15) is 40.5 Å². The average Bonchev–Trinajstić information content (AvgIpc) is 3.21. The number of rotatable bonds is 8. The topological polar surface area (TPSA) is 34.3 Å². The van der Waals surface area contributed by atoms with Gasteiger partial charge in [0.2, 0.25) is 0 Å². The van der Waals surface area contributed by atoms with E-state index in [1.165, 1.54) is 0 Å². The van der Waals surface area contributed by atoms with Gasteiger partial charge in [-0.1, -0.05) is 38.2 Å². The van der Waals surface area contributed by atoms with Crippen LogP contribution in [0.2, 0.25) is 0 Å². The monoisotopic (exact) mass is 266 g/mol. The minimum atomic E-state index is -0.366. The first-order valence-electron chi connectivity index (χ1n) is 7.33. The maximum atomic E-state index is 6.45. The van der Waals surface area contributed by atoms with E-state index in [0.717, 1.165) is 26.1 Å². The Morgan fingerprint density at radius 3 is 1.58 bits per heavy atom. The molecule has 2 rings (SSSR count). The fourth-order valence-electron chi connectivity index (χ4n) is 2.35. The lowest BCUT2D eigenvalue weighted by Gasteiger charge is -2.35. The molecule has 3 heteroatoms. The maximum absolute atomic E-state index is 6.45. The zero-order chi connectivity index (χ0) is 13.9. The van der Waals surface area contributed by atoms with Gasteiger partial charge in [-0.2, -0.15) is 0 Å². The van der Waals surface area contributed by atoms with Crippen LogP contribution in [0.15, 0.2) is 24.3 Å². The standard InChI is InChI=1S/C16H26O3/c1-5-7-9-15(3,13-11-17-13)19-16(4,10-8-6-2)14-12-18-14/h7-10,13-14H,5-6,11-12H2,1-4H3. The summed E-state index contributed by atoms with van der Waals surface area (Å²) < 4.78 is 17.4. The number of allylic oxidation sites excluding steroid dienone is 2. The van der Waals surface area contributed by atoms with Crippen LogP contribution in [0.3, 0.4) is 0 Å². The van der Waals surface area contributed by atoms with Crippen molar-refractivity contribution in [3.63, 3.8) is 0 Å². The summed E-state index contributed by atoms with van der Waals surface area (Å²) in [5.41, 5.74) is -0.733. The molecule has 108 valence electrons. The molecule has 0 aromatic heterocycles. The van der Waals surface area contributed by atoms with Gasteiger partial charge >= 0.3 is 0 Å². The third-order valence-corrected chi connectivity index (χ3v) is 3.75. The van der Waals surface area contributed by atoms with E-state index >= 15 is 0 Å². The summed E-state index contributed by atoms with van der Waals surface area (Å²) in [4.78, 5) is 0. The van der Waals surface area contributed by atoms with E-state index in [9.17, 15) is 0 Å². The molecule has 2 saturated heterocycles. The quantitative estimate of drug-likeness (QED) is 0.499. The lowest BCUT2D eigenvalue weighted by atomic mass is 9.95. The Labute approximate surface area is 116 Å². The zero-order valence-corrected chi connectivity index (χ0v) is 12.5. The average molecular weight is 266 g/mol. The van der Waals surface area contributed by atoms with Gasteiger partial charge in [0.1, 0.15) is 23.4 Å². The molecule has 0 saturated carbocycles. The Bertz CT molecular complexity index is 321. The summed E-state index contributed by atoms with van der Waals surface area (Å²) in [6.45, 7) is 10.0. The van der Waals surface area contributed by atoms with Crippen molar-refractivity contribution in [2.75, 3.05) is 13.2 Å². The first kappa shape index (κ1) is 14.8. The van der Waals surface area contributed by atoms with Crippen molar-refractivity contribution >= 4 is 0 Å². The number of hydrogen-bond acceptors (Lipinski definition) is 3. The Morgan fingerprint density at radius 2 is 1.32 bits per heavy atom. The van der Waals surface area contributed by atoms with E-state index in [4.69, 9.17) is 14.2 Å². The van der Waals surface area contributed by atoms with Gasteiger partial charge in [0.25, 0.3) is 0 Å². The van der Waals surface area contributed by atoms with Gasteiger partial charge in [-0.15, -0.1) is 0 Å². The molecule has 0 radical (unpaired) electrons. The van der Waals surface area contributed by atoms with Crippen LogP contribution in [-0.2, 0) is 14.2 Å². The van der Waals surface area contributed by atoms with Crippen molar-refractivity contribution < 1.29 is 14.2 Å². The van der Waals surface area contributed by atoms with Crippen LogP contribution in [0.25, 0.3) is 0 Å². The Morgan fingerprint density at radius 1 is 0.947 bits per heavy atom. The molecule has 0 bridgehead atoms. The van der Waals surface area contributed by atoms with Crippen molar-refractivity contribution in [3.8, 4) is 0 Å². The zero-order valence-electron chi connectivity index (χ0n) is 12.5. The minimum Gasteiger partial charge on any atom is -0.370 e. The second-order valence-corrected chi connectivity index (χ2v) is 5.73. The van der Waals surface area contributed by atoms with Crippen molar-refractivity contribution in [1.29, 1.82) is 0 Å². The highest BCUT2D eigenvalue weighted by Crippen LogP contribution is 2.39. The molecule has 4 atom stereocenters. The molecule has 2 aliphatic heterocycles. The molecule has 0 amide bonds. The number of epoxide rings is 2. The molecule has 0 aromatic rings. The van der Waals surface area contributed by atoms with Crippen LogP contribution < -0.4 is 0 Å². The van der Waals surface area contributed by atoms with E-state index in [1.54, 1.807) is 0 Å². The molecule has 2 aliphatic rings. The highest BCUT2D eigenvalue weighted by Gasteiger charge is 2.51. The molecule has 0 spiro atoms. The summed E-state index contributed by atoms with van der Waals surface area (Å²) in [6, 6.07) is 0. The molecule has 0 aliphatic carbocycles. The van der Waals surface area contributed by atoms with Gasteiger partial charge in [-0.25, -0.2) is 0 Å². The van der Waals surface area contributed by atoms with Gasteiger partial charge in [0, 0.05) is 0 Å². The second-order valence-electron chi connectivity index (χ2n) is 5.73. The van der Waals surface area contributed by atoms with E-state index in [0.29, 0.717) is 0 Å². The van der Waals surface area contributed by atoms with Crippen molar-refractivity contribution in [3.05, 3.63) is 24.3 Å². The van der Waals surface area contributed by atoms with E-state index in [2.05, 4.69) is 52.0 Å². The van der Waals surface area contributed by atoms with Crippen molar-refractivity contribution in [1.82, 2.24) is 0 Å². The van der Waals surface area contributed by atoms with Crippen LogP contribution in [0.4, 0.5) is 0 Å². The second kappa shape index (κ2) is 5.78. The van der Waals surface area contributed by atoms with E-state index < -0.39 is 0 Å². The van der Waals surface area contributed by atoms with E-state index in [1.807, 2.05) is 0 Å². The van der Waals surface area contributed by atoms with Gasteiger partial charge in [0.15, 0.2) is 0 Å². The van der Waals surface area contributed by atoms with Gasteiger partial charge in [-0.05, 0) is 26.7 Å². The lowest BCUT2D eigenvalue weighted by molar-refractivity contribution is -0.111. The summed E-state index contributed by atoms with van der Waals surface area (Å²) in [6.07, 6.45) is 10.9. The molecule has 4 unspecified atom stereocenters. The molecule has 3 nitrogen and oxygen atoms in total. The highest BCUT2D eigenvalue weighted by molar-refractivity contribution is 5.15. The molecular formula is C16H26O3. The third-order valence-electron chi connectivity index (χ3n) is 3.75. The predicted molar refractivity (Wildman–Crippen MR) is 76.2 cm³/mol. The fraction of sp³-hybridized carbons (Fsp3) is 0.750. The normalized spacial score (nSPS) is 32.4. The molecule has 19 heavy (non-hydrogen) atoms.